The molecule has 11 heteroatoms. The van der Waals surface area contributed by atoms with Crippen molar-refractivity contribution in [2.24, 2.45) is 0 Å². The van der Waals surface area contributed by atoms with Crippen LogP contribution in [0.3, 0.4) is 0 Å². The fourth-order valence-corrected chi connectivity index (χ4v) is 5.99. The second kappa shape index (κ2) is 12.1. The quantitative estimate of drug-likeness (QED) is 0.221. The molecular weight excluding hydrogens is 566 g/mol. The summed E-state index contributed by atoms with van der Waals surface area (Å²) < 4.78 is 16.1. The van der Waals surface area contributed by atoms with Crippen molar-refractivity contribution in [3.63, 3.8) is 0 Å². The van der Waals surface area contributed by atoms with Crippen LogP contribution in [0.5, 0.6) is 23.0 Å². The van der Waals surface area contributed by atoms with Gasteiger partial charge in [0.25, 0.3) is 5.91 Å². The number of carbonyl (C=O) groups excluding carboxylic acids is 2. The molecular formula is C33H33N3O8. The van der Waals surface area contributed by atoms with Crippen LogP contribution in [-0.4, -0.2) is 43.0 Å². The molecule has 0 aromatic heterocycles. The summed E-state index contributed by atoms with van der Waals surface area (Å²) in [6.45, 7) is 3.60. The Hall–Kier alpha value is -5.32. The number of hydrogen-bond acceptors (Lipinski definition) is 9. The number of ketones is 1. The number of nitrogens with zero attached hydrogens (tertiary/aromatic N) is 1. The normalized spacial score (nSPS) is 17.9. The number of anilines is 1. The van der Waals surface area contributed by atoms with Crippen LogP contribution in [0.25, 0.3) is 0 Å². The lowest BCUT2D eigenvalue weighted by Gasteiger charge is -2.37. The molecule has 3 N–H and O–H groups in total. The van der Waals surface area contributed by atoms with Crippen LogP contribution in [0.4, 0.5) is 11.4 Å². The molecule has 2 aliphatic rings. The number of methoxy groups -OCH3 is 3. The summed E-state index contributed by atoms with van der Waals surface area (Å²) in [4.78, 5) is 39.2. The molecule has 2 atom stereocenters. The van der Waals surface area contributed by atoms with Gasteiger partial charge < -0.3 is 30.0 Å². The number of nitrogens with one attached hydrogen (secondary N) is 2. The van der Waals surface area contributed by atoms with Gasteiger partial charge in [0.1, 0.15) is 0 Å². The molecule has 11 nitrogen and oxygen atoms in total. The Labute approximate surface area is 254 Å². The Morgan fingerprint density at radius 3 is 2.30 bits per heavy atom. The number of aromatic hydroxyl groups is 1. The number of rotatable bonds is 8. The number of aryl methyl sites for hydroxylation is 1. The summed E-state index contributed by atoms with van der Waals surface area (Å²) in [5, 5.41) is 28.7. The van der Waals surface area contributed by atoms with E-state index in [2.05, 4.69) is 10.6 Å². The van der Waals surface area contributed by atoms with Crippen molar-refractivity contribution < 1.29 is 33.8 Å². The molecule has 0 bridgehead atoms. The second-order valence-electron chi connectivity index (χ2n) is 10.7. The lowest BCUT2D eigenvalue weighted by Crippen LogP contribution is -2.37. The van der Waals surface area contributed by atoms with Crippen LogP contribution in [0.2, 0.25) is 0 Å². The zero-order valence-corrected chi connectivity index (χ0v) is 25.0. The highest BCUT2D eigenvalue weighted by molar-refractivity contribution is 6.10. The largest absolute Gasteiger partial charge is 0.500 e. The van der Waals surface area contributed by atoms with Crippen molar-refractivity contribution >= 4 is 23.1 Å². The molecule has 0 fully saturated rings. The first-order valence-electron chi connectivity index (χ1n) is 14.0. The predicted octanol–water partition coefficient (Wildman–Crippen LogP) is 5.63. The number of nitro groups is 1. The van der Waals surface area contributed by atoms with Gasteiger partial charge in [-0.05, 0) is 67.1 Å². The summed E-state index contributed by atoms with van der Waals surface area (Å²) in [5.74, 6) is -1.52. The summed E-state index contributed by atoms with van der Waals surface area (Å²) >= 11 is 0. The van der Waals surface area contributed by atoms with Gasteiger partial charge in [0.15, 0.2) is 23.0 Å². The Bertz CT molecular complexity index is 1740. The third-order valence-electron chi connectivity index (χ3n) is 8.17. The Kier molecular flexibility index (Phi) is 8.30. The summed E-state index contributed by atoms with van der Waals surface area (Å²) in [7, 11) is 4.38. The molecule has 3 aromatic carbocycles. The monoisotopic (exact) mass is 599 g/mol. The van der Waals surface area contributed by atoms with Crippen molar-refractivity contribution in [3.05, 3.63) is 104 Å². The fourth-order valence-electron chi connectivity index (χ4n) is 5.99. The van der Waals surface area contributed by atoms with Crippen LogP contribution < -0.4 is 24.8 Å². The van der Waals surface area contributed by atoms with Gasteiger partial charge in [0, 0.05) is 46.6 Å². The zero-order chi connectivity index (χ0) is 31.7. The van der Waals surface area contributed by atoms with E-state index in [1.54, 1.807) is 39.3 Å². The van der Waals surface area contributed by atoms with Crippen molar-refractivity contribution in [2.75, 3.05) is 26.6 Å². The SMILES string of the molecule is COc1ccc([C@H]2CC(=O)C3=C(C2)NC(C)=C(C(=O)Nc2ccccc2C)[C@H]3c2cc(OC)c(O)c([N+](=O)[O-])c2)cc1OC. The van der Waals surface area contributed by atoms with E-state index in [0.29, 0.717) is 40.6 Å². The number of Topliss-reactive ketones (excluding diaryl/α,β-unsaturated/α-hetero) is 1. The zero-order valence-electron chi connectivity index (χ0n) is 25.0. The molecule has 0 unspecified atom stereocenters. The van der Waals surface area contributed by atoms with Gasteiger partial charge in [-0.2, -0.15) is 0 Å². The number of nitro benzene ring substituents is 1. The maximum atomic E-state index is 14.1. The molecule has 3 aromatic rings. The van der Waals surface area contributed by atoms with E-state index in [-0.39, 0.29) is 35.0 Å². The number of benzene rings is 3. The number of carbonyl (C=O) groups is 2. The third kappa shape index (κ3) is 5.44. The lowest BCUT2D eigenvalue weighted by atomic mass is 9.71. The van der Waals surface area contributed by atoms with Gasteiger partial charge in [-0.25, -0.2) is 0 Å². The van der Waals surface area contributed by atoms with Gasteiger partial charge in [0.2, 0.25) is 5.75 Å². The molecule has 1 amide bonds. The van der Waals surface area contributed by atoms with Gasteiger partial charge in [-0.1, -0.05) is 24.3 Å². The second-order valence-corrected chi connectivity index (χ2v) is 10.7. The number of ether oxygens (including phenoxy) is 3. The molecule has 228 valence electrons. The number of phenols is 1. The number of amides is 1. The molecule has 0 spiro atoms. The first-order valence-corrected chi connectivity index (χ1v) is 14.0. The van der Waals surface area contributed by atoms with E-state index in [9.17, 15) is 24.8 Å². The first-order chi connectivity index (χ1) is 21.1. The Morgan fingerprint density at radius 1 is 0.955 bits per heavy atom. The van der Waals surface area contributed by atoms with E-state index in [0.717, 1.165) is 11.1 Å². The molecule has 5 rings (SSSR count). The van der Waals surface area contributed by atoms with E-state index in [4.69, 9.17) is 14.2 Å². The lowest BCUT2D eigenvalue weighted by molar-refractivity contribution is -0.386. The minimum atomic E-state index is -0.970. The minimum Gasteiger partial charge on any atom is -0.500 e. The molecule has 0 radical (unpaired) electrons. The number of para-hydroxylation sites is 1. The van der Waals surface area contributed by atoms with Crippen LogP contribution in [0.15, 0.2) is 77.1 Å². The number of phenolic OH excluding ortho intramolecular Hbond substituents is 1. The van der Waals surface area contributed by atoms with E-state index in [1.165, 1.54) is 19.2 Å². The average molecular weight is 600 g/mol. The highest BCUT2D eigenvalue weighted by Crippen LogP contribution is 2.49. The highest BCUT2D eigenvalue weighted by atomic mass is 16.6. The molecule has 0 saturated heterocycles. The molecule has 0 saturated carbocycles. The first kappa shape index (κ1) is 30.1. The number of dihydropyridines is 1. The van der Waals surface area contributed by atoms with Crippen molar-refractivity contribution in [1.82, 2.24) is 5.32 Å². The van der Waals surface area contributed by atoms with Gasteiger partial charge >= 0.3 is 5.69 Å². The van der Waals surface area contributed by atoms with Crippen molar-refractivity contribution in [2.45, 2.75) is 38.5 Å². The topological polar surface area (TPSA) is 149 Å². The van der Waals surface area contributed by atoms with Crippen molar-refractivity contribution in [1.29, 1.82) is 0 Å². The Morgan fingerprint density at radius 2 is 1.64 bits per heavy atom. The maximum absolute atomic E-state index is 14.1. The summed E-state index contributed by atoms with van der Waals surface area (Å²) in [6, 6.07) is 15.5. The van der Waals surface area contributed by atoms with Gasteiger partial charge in [-0.3, -0.25) is 19.7 Å². The van der Waals surface area contributed by atoms with Crippen LogP contribution >= 0.6 is 0 Å². The molecule has 1 aliphatic carbocycles. The molecule has 44 heavy (non-hydrogen) atoms. The van der Waals surface area contributed by atoms with Crippen LogP contribution in [0.1, 0.15) is 48.3 Å². The summed E-state index contributed by atoms with van der Waals surface area (Å²) in [6.07, 6.45) is 0.573. The molecule has 1 heterocycles. The molecule has 1 aliphatic heterocycles. The number of hydrogen-bond donors (Lipinski definition) is 3. The number of allylic oxidation sites excluding steroid dienone is 3. The maximum Gasteiger partial charge on any atom is 0.314 e. The fraction of sp³-hybridized carbons (Fsp3) is 0.273. The summed E-state index contributed by atoms with van der Waals surface area (Å²) in [5.41, 5.74) is 3.67. The average Bonchev–Trinajstić information content (AvgIpc) is 3.00. The van der Waals surface area contributed by atoms with E-state index >= 15 is 0 Å². The van der Waals surface area contributed by atoms with Crippen LogP contribution in [0, 0.1) is 17.0 Å². The third-order valence-corrected chi connectivity index (χ3v) is 8.17. The van der Waals surface area contributed by atoms with Crippen molar-refractivity contribution in [3.8, 4) is 23.0 Å². The van der Waals surface area contributed by atoms with E-state index < -0.39 is 28.2 Å². The van der Waals surface area contributed by atoms with Gasteiger partial charge in [0.05, 0.1) is 26.3 Å². The van der Waals surface area contributed by atoms with Crippen LogP contribution in [-0.2, 0) is 9.59 Å². The minimum absolute atomic E-state index is 0.134. The Balaban J connectivity index is 1.64. The smallest absolute Gasteiger partial charge is 0.314 e. The highest BCUT2D eigenvalue weighted by Gasteiger charge is 2.42. The van der Waals surface area contributed by atoms with Gasteiger partial charge in [-0.15, -0.1) is 0 Å². The standard InChI is InChI=1S/C33H33N3O8/c1-17-8-6-7-9-22(17)35-33(39)29-18(2)34-23-12-20(19-10-11-26(42-3)27(15-19)43-4)14-25(37)31(23)30(29)21-13-24(36(40)41)32(38)28(16-21)44-5/h6-11,13,15-16,20,30,34,38H,12,14H2,1-5H3,(H,35,39)/t20-,30-/m1/s1. The predicted molar refractivity (Wildman–Crippen MR) is 163 cm³/mol. The van der Waals surface area contributed by atoms with E-state index in [1.807, 2.05) is 31.2 Å².